The van der Waals surface area contributed by atoms with Crippen LogP contribution >= 0.6 is 27.3 Å². The number of aromatic nitrogens is 1. The van der Waals surface area contributed by atoms with Gasteiger partial charge in [0, 0.05) is 16.9 Å². The lowest BCUT2D eigenvalue weighted by Gasteiger charge is -2.14. The number of carbonyl (C=O) groups is 1. The number of hydrogen-bond donors (Lipinski definition) is 1. The number of methoxy groups -OCH3 is 1. The Bertz CT molecular complexity index is 731. The van der Waals surface area contributed by atoms with Gasteiger partial charge in [0.25, 0.3) is 5.91 Å². The first kappa shape index (κ1) is 19.7. The molecule has 1 amide bonds. The summed E-state index contributed by atoms with van der Waals surface area (Å²) in [5.41, 5.74) is 1.38. The molecule has 7 heteroatoms. The van der Waals surface area contributed by atoms with Crippen molar-refractivity contribution in [2.75, 3.05) is 13.7 Å². The summed E-state index contributed by atoms with van der Waals surface area (Å²) in [6.07, 6.45) is 0.893. The molecule has 5 nitrogen and oxygen atoms in total. The monoisotopic (exact) mass is 426 g/mol. The second kappa shape index (κ2) is 9.20. The van der Waals surface area contributed by atoms with E-state index in [0.29, 0.717) is 40.6 Å². The summed E-state index contributed by atoms with van der Waals surface area (Å²) in [7, 11) is 1.56. The Balaban J connectivity index is 2.09. The molecule has 136 valence electrons. The van der Waals surface area contributed by atoms with Gasteiger partial charge in [-0.25, -0.2) is 4.98 Å². The van der Waals surface area contributed by atoms with Crippen molar-refractivity contribution in [3.63, 3.8) is 0 Å². The highest BCUT2D eigenvalue weighted by Crippen LogP contribution is 2.36. The first-order valence-corrected chi connectivity index (χ1v) is 9.86. The van der Waals surface area contributed by atoms with Gasteiger partial charge in [-0.05, 0) is 34.5 Å². The van der Waals surface area contributed by atoms with Crippen LogP contribution in [0.1, 0.15) is 54.2 Å². The summed E-state index contributed by atoms with van der Waals surface area (Å²) >= 11 is 5.07. The third-order valence-electron chi connectivity index (χ3n) is 3.44. The van der Waals surface area contributed by atoms with Gasteiger partial charge >= 0.3 is 0 Å². The zero-order valence-corrected chi connectivity index (χ0v) is 17.3. The average Bonchev–Trinajstić information content (AvgIpc) is 3.07. The number of hydrogen-bond acceptors (Lipinski definition) is 5. The number of benzene rings is 1. The average molecular weight is 427 g/mol. The molecule has 1 aromatic carbocycles. The van der Waals surface area contributed by atoms with Crippen LogP contribution in [-0.4, -0.2) is 24.6 Å². The van der Waals surface area contributed by atoms with E-state index in [0.717, 1.165) is 17.1 Å². The van der Waals surface area contributed by atoms with Gasteiger partial charge in [-0.1, -0.05) is 20.8 Å². The third kappa shape index (κ3) is 5.19. The van der Waals surface area contributed by atoms with E-state index in [2.05, 4.69) is 40.1 Å². The quantitative estimate of drug-likeness (QED) is 0.660. The molecule has 1 N–H and O–H groups in total. The van der Waals surface area contributed by atoms with Gasteiger partial charge in [-0.2, -0.15) is 0 Å². The molecule has 2 rings (SSSR count). The molecule has 0 aliphatic rings. The van der Waals surface area contributed by atoms with Crippen molar-refractivity contribution in [3.8, 4) is 11.5 Å². The highest BCUT2D eigenvalue weighted by molar-refractivity contribution is 9.10. The first-order chi connectivity index (χ1) is 12.0. The van der Waals surface area contributed by atoms with Crippen molar-refractivity contribution >= 4 is 33.2 Å². The van der Waals surface area contributed by atoms with Gasteiger partial charge < -0.3 is 14.8 Å². The van der Waals surface area contributed by atoms with Crippen LogP contribution in [0.3, 0.4) is 0 Å². The number of thiazole rings is 1. The maximum Gasteiger partial charge on any atom is 0.251 e. The summed E-state index contributed by atoms with van der Waals surface area (Å²) in [6.45, 7) is 7.23. The SMILES string of the molecule is CCCOc1c(Br)cc(C(=O)NCc2csc(C(C)C)n2)cc1OC. The lowest BCUT2D eigenvalue weighted by molar-refractivity contribution is 0.0950. The summed E-state index contributed by atoms with van der Waals surface area (Å²) in [5.74, 6) is 1.36. The lowest BCUT2D eigenvalue weighted by Crippen LogP contribution is -2.23. The van der Waals surface area contributed by atoms with Gasteiger partial charge in [0.2, 0.25) is 0 Å². The molecule has 2 aromatic rings. The molecule has 0 radical (unpaired) electrons. The number of halogens is 1. The van der Waals surface area contributed by atoms with Gasteiger partial charge in [-0.15, -0.1) is 11.3 Å². The fourth-order valence-corrected chi connectivity index (χ4v) is 3.53. The van der Waals surface area contributed by atoms with E-state index in [4.69, 9.17) is 9.47 Å². The molecule has 0 bridgehead atoms. The second-order valence-electron chi connectivity index (χ2n) is 5.85. The van der Waals surface area contributed by atoms with Crippen molar-refractivity contribution in [2.24, 2.45) is 0 Å². The summed E-state index contributed by atoms with van der Waals surface area (Å²) < 4.78 is 11.7. The van der Waals surface area contributed by atoms with Gasteiger partial charge in [0.05, 0.1) is 35.4 Å². The van der Waals surface area contributed by atoms with E-state index in [1.807, 2.05) is 12.3 Å². The van der Waals surface area contributed by atoms with Crippen LogP contribution in [0.15, 0.2) is 22.0 Å². The zero-order chi connectivity index (χ0) is 18.4. The van der Waals surface area contributed by atoms with Crippen LogP contribution in [-0.2, 0) is 6.54 Å². The van der Waals surface area contributed by atoms with E-state index in [9.17, 15) is 4.79 Å². The van der Waals surface area contributed by atoms with Crippen LogP contribution in [0.2, 0.25) is 0 Å². The fourth-order valence-electron chi connectivity index (χ4n) is 2.14. The normalized spacial score (nSPS) is 10.8. The Kier molecular flexibility index (Phi) is 7.25. The molecule has 1 heterocycles. The van der Waals surface area contributed by atoms with Gasteiger partial charge in [0.15, 0.2) is 11.5 Å². The third-order valence-corrected chi connectivity index (χ3v) is 5.22. The molecule has 0 unspecified atom stereocenters. The minimum atomic E-state index is -0.180. The number of rotatable bonds is 8. The highest BCUT2D eigenvalue weighted by atomic mass is 79.9. The fraction of sp³-hybridized carbons (Fsp3) is 0.444. The smallest absolute Gasteiger partial charge is 0.251 e. The minimum absolute atomic E-state index is 0.180. The van der Waals surface area contributed by atoms with Gasteiger partial charge in [0.1, 0.15) is 0 Å². The van der Waals surface area contributed by atoms with Crippen LogP contribution < -0.4 is 14.8 Å². The van der Waals surface area contributed by atoms with Crippen molar-refractivity contribution in [1.82, 2.24) is 10.3 Å². The molecule has 0 aliphatic heterocycles. The zero-order valence-electron chi connectivity index (χ0n) is 14.9. The molecule has 0 atom stereocenters. The molecular weight excluding hydrogens is 404 g/mol. The molecule has 0 spiro atoms. The maximum absolute atomic E-state index is 12.5. The van der Waals surface area contributed by atoms with Crippen molar-refractivity contribution in [2.45, 2.75) is 39.7 Å². The minimum Gasteiger partial charge on any atom is -0.493 e. The van der Waals surface area contributed by atoms with Crippen molar-refractivity contribution < 1.29 is 14.3 Å². The van der Waals surface area contributed by atoms with Crippen LogP contribution in [0.25, 0.3) is 0 Å². The van der Waals surface area contributed by atoms with E-state index in [1.54, 1.807) is 30.6 Å². The molecule has 0 saturated carbocycles. The summed E-state index contributed by atoms with van der Waals surface area (Å²) in [6, 6.07) is 3.43. The van der Waals surface area contributed by atoms with Crippen LogP contribution in [0, 0.1) is 0 Å². The van der Waals surface area contributed by atoms with Crippen molar-refractivity contribution in [1.29, 1.82) is 0 Å². The number of carbonyl (C=O) groups excluding carboxylic acids is 1. The predicted molar refractivity (Wildman–Crippen MR) is 104 cm³/mol. The largest absolute Gasteiger partial charge is 0.493 e. The Morgan fingerprint density at radius 3 is 2.76 bits per heavy atom. The molecule has 1 aromatic heterocycles. The highest BCUT2D eigenvalue weighted by Gasteiger charge is 2.16. The number of ether oxygens (including phenoxy) is 2. The van der Waals surface area contributed by atoms with Crippen LogP contribution in [0.4, 0.5) is 0 Å². The second-order valence-corrected chi connectivity index (χ2v) is 7.60. The number of amides is 1. The lowest BCUT2D eigenvalue weighted by atomic mass is 10.2. The maximum atomic E-state index is 12.5. The molecular formula is C18H23BrN2O3S. The van der Waals surface area contributed by atoms with E-state index in [-0.39, 0.29) is 5.91 Å². The van der Waals surface area contributed by atoms with E-state index < -0.39 is 0 Å². The van der Waals surface area contributed by atoms with E-state index >= 15 is 0 Å². The Morgan fingerprint density at radius 2 is 2.16 bits per heavy atom. The first-order valence-electron chi connectivity index (χ1n) is 8.19. The molecule has 0 fully saturated rings. The Labute approximate surface area is 160 Å². The Hall–Kier alpha value is -1.60. The van der Waals surface area contributed by atoms with Crippen LogP contribution in [0.5, 0.6) is 11.5 Å². The predicted octanol–water partition coefficient (Wildman–Crippen LogP) is 4.76. The van der Waals surface area contributed by atoms with Gasteiger partial charge in [-0.3, -0.25) is 4.79 Å². The standard InChI is InChI=1S/C18H23BrN2O3S/c1-5-6-24-16-14(19)7-12(8-15(16)23-4)17(22)20-9-13-10-25-18(21-13)11(2)3/h7-8,10-11H,5-6,9H2,1-4H3,(H,20,22). The number of nitrogens with zero attached hydrogens (tertiary/aromatic N) is 1. The summed E-state index contributed by atoms with van der Waals surface area (Å²) in [4.78, 5) is 17.0. The van der Waals surface area contributed by atoms with Crippen molar-refractivity contribution in [3.05, 3.63) is 38.3 Å². The molecule has 0 aliphatic carbocycles. The Morgan fingerprint density at radius 1 is 1.40 bits per heavy atom. The molecule has 25 heavy (non-hydrogen) atoms. The molecule has 0 saturated heterocycles. The summed E-state index contributed by atoms with van der Waals surface area (Å²) in [5, 5.41) is 5.95. The van der Waals surface area contributed by atoms with E-state index in [1.165, 1.54) is 0 Å². The number of nitrogens with one attached hydrogen (secondary N) is 1. The topological polar surface area (TPSA) is 60.5 Å².